The molecular formula is C9H15. The van der Waals surface area contributed by atoms with Crippen molar-refractivity contribution in [2.75, 3.05) is 0 Å². The minimum atomic E-state index is 0.363. The van der Waals surface area contributed by atoms with E-state index in [-0.39, 0.29) is 0 Å². The average molecular weight is 123 g/mol. The molecule has 0 aromatic rings. The zero-order chi connectivity index (χ0) is 6.91. The van der Waals surface area contributed by atoms with E-state index >= 15 is 0 Å². The molecule has 0 atom stereocenters. The molecule has 0 fully saturated rings. The van der Waals surface area contributed by atoms with E-state index < -0.39 is 0 Å². The molecule has 0 amide bonds. The van der Waals surface area contributed by atoms with Gasteiger partial charge in [0.1, 0.15) is 0 Å². The van der Waals surface area contributed by atoms with Gasteiger partial charge in [0.05, 0.1) is 0 Å². The number of allylic oxidation sites excluding steroid dienone is 2. The van der Waals surface area contributed by atoms with Gasteiger partial charge in [-0.25, -0.2) is 0 Å². The number of hydrogen-bond acceptors (Lipinski definition) is 0. The summed E-state index contributed by atoms with van der Waals surface area (Å²) < 4.78 is 0. The molecule has 9 heavy (non-hydrogen) atoms. The second kappa shape index (κ2) is 2.17. The summed E-state index contributed by atoms with van der Waals surface area (Å²) in [5.74, 6) is 0. The standard InChI is InChI=1S/C9H15/c1-8-5-4-6-9(2,3)7-8/h4-6H2,1-3H3. The molecule has 0 saturated heterocycles. The molecule has 1 aliphatic rings. The van der Waals surface area contributed by atoms with Crippen LogP contribution in [0, 0.1) is 11.5 Å². The minimum absolute atomic E-state index is 0.363. The second-order valence-corrected chi connectivity index (χ2v) is 3.64. The predicted octanol–water partition coefficient (Wildman–Crippen LogP) is 2.95. The van der Waals surface area contributed by atoms with E-state index in [4.69, 9.17) is 0 Å². The maximum atomic E-state index is 3.47. The highest BCUT2D eigenvalue weighted by Crippen LogP contribution is 2.31. The van der Waals surface area contributed by atoms with Crippen LogP contribution >= 0.6 is 0 Å². The summed E-state index contributed by atoms with van der Waals surface area (Å²) in [6.07, 6.45) is 7.40. The van der Waals surface area contributed by atoms with Crippen molar-refractivity contribution in [1.82, 2.24) is 0 Å². The first-order valence-electron chi connectivity index (χ1n) is 3.71. The summed E-state index contributed by atoms with van der Waals surface area (Å²) in [6.45, 7) is 6.70. The van der Waals surface area contributed by atoms with Gasteiger partial charge < -0.3 is 0 Å². The Hall–Kier alpha value is -0.260. The molecule has 0 N–H and O–H groups in total. The third-order valence-corrected chi connectivity index (χ3v) is 1.91. The van der Waals surface area contributed by atoms with Crippen molar-refractivity contribution in [2.45, 2.75) is 40.0 Å². The lowest BCUT2D eigenvalue weighted by Crippen LogP contribution is -2.12. The van der Waals surface area contributed by atoms with Gasteiger partial charge >= 0.3 is 0 Å². The van der Waals surface area contributed by atoms with Crippen LogP contribution in [0.25, 0.3) is 0 Å². The molecule has 0 nitrogen and oxygen atoms in total. The van der Waals surface area contributed by atoms with Gasteiger partial charge in [0.2, 0.25) is 0 Å². The van der Waals surface area contributed by atoms with Crippen molar-refractivity contribution in [3.05, 3.63) is 11.6 Å². The monoisotopic (exact) mass is 123 g/mol. The lowest BCUT2D eigenvalue weighted by atomic mass is 9.80. The van der Waals surface area contributed by atoms with E-state index in [0.29, 0.717) is 5.41 Å². The van der Waals surface area contributed by atoms with E-state index in [1.54, 1.807) is 0 Å². The molecule has 0 unspecified atom stereocenters. The van der Waals surface area contributed by atoms with Gasteiger partial charge in [-0.2, -0.15) is 0 Å². The first-order valence-corrected chi connectivity index (χ1v) is 3.71. The van der Waals surface area contributed by atoms with Crippen LogP contribution in [0.5, 0.6) is 0 Å². The van der Waals surface area contributed by atoms with Gasteiger partial charge in [-0.15, -0.1) is 0 Å². The van der Waals surface area contributed by atoms with Crippen molar-refractivity contribution in [3.8, 4) is 0 Å². The molecule has 0 aliphatic heterocycles. The molecule has 0 aromatic heterocycles. The van der Waals surface area contributed by atoms with Crippen LogP contribution in [0.2, 0.25) is 0 Å². The lowest BCUT2D eigenvalue weighted by molar-refractivity contribution is 0.381. The van der Waals surface area contributed by atoms with Gasteiger partial charge in [0, 0.05) is 0 Å². The van der Waals surface area contributed by atoms with Crippen LogP contribution in [0.4, 0.5) is 0 Å². The van der Waals surface area contributed by atoms with Crippen molar-refractivity contribution in [2.24, 2.45) is 5.41 Å². The first-order chi connectivity index (χ1) is 4.10. The lowest BCUT2D eigenvalue weighted by Gasteiger charge is -2.25. The maximum absolute atomic E-state index is 3.47. The molecule has 1 radical (unpaired) electrons. The Morgan fingerprint density at radius 1 is 1.44 bits per heavy atom. The third-order valence-electron chi connectivity index (χ3n) is 1.91. The van der Waals surface area contributed by atoms with Crippen molar-refractivity contribution < 1.29 is 0 Å². The number of rotatable bonds is 0. The molecule has 51 valence electrons. The molecule has 0 saturated carbocycles. The zero-order valence-electron chi connectivity index (χ0n) is 6.62. The highest BCUT2D eigenvalue weighted by atomic mass is 14.2. The van der Waals surface area contributed by atoms with Crippen molar-refractivity contribution in [3.63, 3.8) is 0 Å². The Labute approximate surface area is 58.0 Å². The Balaban J connectivity index is 2.68. The van der Waals surface area contributed by atoms with Gasteiger partial charge in [-0.05, 0) is 37.7 Å². The summed E-state index contributed by atoms with van der Waals surface area (Å²) in [7, 11) is 0. The third kappa shape index (κ3) is 1.85. The van der Waals surface area contributed by atoms with E-state index in [0.717, 1.165) is 0 Å². The normalized spacial score (nSPS) is 25.4. The quantitative estimate of drug-likeness (QED) is 0.464. The molecule has 0 spiro atoms. The van der Waals surface area contributed by atoms with E-state index in [2.05, 4.69) is 26.8 Å². The van der Waals surface area contributed by atoms with Gasteiger partial charge in [0.15, 0.2) is 0 Å². The Bertz CT molecular complexity index is 129. The smallest absolute Gasteiger partial charge is 0.0101 e. The van der Waals surface area contributed by atoms with Crippen LogP contribution in [0.3, 0.4) is 0 Å². The zero-order valence-corrected chi connectivity index (χ0v) is 6.62. The number of hydrogen-bond donors (Lipinski definition) is 0. The van der Waals surface area contributed by atoms with Gasteiger partial charge in [0.25, 0.3) is 0 Å². The van der Waals surface area contributed by atoms with Crippen LogP contribution in [0.1, 0.15) is 40.0 Å². The summed E-state index contributed by atoms with van der Waals surface area (Å²) >= 11 is 0. The molecule has 0 heteroatoms. The van der Waals surface area contributed by atoms with Gasteiger partial charge in [-0.1, -0.05) is 19.4 Å². The van der Waals surface area contributed by atoms with Crippen molar-refractivity contribution in [1.29, 1.82) is 0 Å². The fraction of sp³-hybridized carbons (Fsp3) is 0.778. The SMILES string of the molecule is CC1=[C]C(C)(C)CCC1. The highest BCUT2D eigenvalue weighted by molar-refractivity contribution is 5.02. The highest BCUT2D eigenvalue weighted by Gasteiger charge is 2.18. The Kier molecular flexibility index (Phi) is 1.65. The molecule has 0 heterocycles. The molecule has 1 rings (SSSR count). The van der Waals surface area contributed by atoms with Crippen LogP contribution in [-0.4, -0.2) is 0 Å². The fourth-order valence-electron chi connectivity index (χ4n) is 1.50. The fourth-order valence-corrected chi connectivity index (χ4v) is 1.50. The van der Waals surface area contributed by atoms with Crippen molar-refractivity contribution >= 4 is 0 Å². The van der Waals surface area contributed by atoms with Crippen LogP contribution in [-0.2, 0) is 0 Å². The minimum Gasteiger partial charge on any atom is -0.0693 e. The topological polar surface area (TPSA) is 0 Å². The summed E-state index contributed by atoms with van der Waals surface area (Å²) in [5.41, 5.74) is 1.81. The predicted molar refractivity (Wildman–Crippen MR) is 40.1 cm³/mol. The van der Waals surface area contributed by atoms with E-state index in [1.807, 2.05) is 0 Å². The molecule has 0 aromatic carbocycles. The largest absolute Gasteiger partial charge is 0.0693 e. The first kappa shape index (κ1) is 6.85. The average Bonchev–Trinajstić information content (AvgIpc) is 1.60. The van der Waals surface area contributed by atoms with Crippen LogP contribution < -0.4 is 0 Å². The molecule has 0 bridgehead atoms. The van der Waals surface area contributed by atoms with E-state index in [1.165, 1.54) is 24.8 Å². The second-order valence-electron chi connectivity index (χ2n) is 3.64. The van der Waals surface area contributed by atoms with Gasteiger partial charge in [-0.3, -0.25) is 0 Å². The molecule has 1 aliphatic carbocycles. The summed E-state index contributed by atoms with van der Waals surface area (Å²) in [6, 6.07) is 0. The van der Waals surface area contributed by atoms with Crippen LogP contribution in [0.15, 0.2) is 5.57 Å². The molecular weight excluding hydrogens is 108 g/mol. The maximum Gasteiger partial charge on any atom is -0.0101 e. The Morgan fingerprint density at radius 2 is 2.11 bits per heavy atom. The summed E-state index contributed by atoms with van der Waals surface area (Å²) in [4.78, 5) is 0. The summed E-state index contributed by atoms with van der Waals surface area (Å²) in [5, 5.41) is 0. The Morgan fingerprint density at radius 3 is 2.44 bits per heavy atom. The van der Waals surface area contributed by atoms with E-state index in [9.17, 15) is 0 Å².